The number of carbonyl (C=O) groups excluding carboxylic acids is 2. The van der Waals surface area contributed by atoms with Crippen LogP contribution in [0.5, 0.6) is 0 Å². The van der Waals surface area contributed by atoms with Gasteiger partial charge in [-0.1, -0.05) is 31.4 Å². The fraction of sp³-hybridized carbons (Fsp3) is 0.550. The van der Waals surface area contributed by atoms with E-state index < -0.39 is 5.97 Å². The molecule has 1 aliphatic heterocycles. The van der Waals surface area contributed by atoms with E-state index in [9.17, 15) is 14.7 Å². The van der Waals surface area contributed by atoms with Gasteiger partial charge in [0.2, 0.25) is 0 Å². The Morgan fingerprint density at radius 1 is 1.23 bits per heavy atom. The Bertz CT molecular complexity index is 568. The van der Waals surface area contributed by atoms with Crippen molar-refractivity contribution in [2.24, 2.45) is 5.41 Å². The smallest absolute Gasteiger partial charge is 0.333 e. The van der Waals surface area contributed by atoms with Crippen LogP contribution >= 0.6 is 0 Å². The number of esters is 1. The highest BCUT2D eigenvalue weighted by Crippen LogP contribution is 2.38. The van der Waals surface area contributed by atoms with Crippen LogP contribution in [0.1, 0.15) is 44.9 Å². The van der Waals surface area contributed by atoms with Crippen LogP contribution in [0.15, 0.2) is 42.2 Å². The molecule has 0 spiro atoms. The summed E-state index contributed by atoms with van der Waals surface area (Å²) in [6.07, 6.45) is 11.6. The first-order chi connectivity index (χ1) is 12.6. The average Bonchev–Trinajstić information content (AvgIpc) is 3.06. The number of carboxylic acids is 1. The second kappa shape index (κ2) is 10.7. The zero-order chi connectivity index (χ0) is 18.7. The number of aliphatic carboxylic acids is 1. The summed E-state index contributed by atoms with van der Waals surface area (Å²) in [5, 5.41) is 14.2. The van der Waals surface area contributed by atoms with Gasteiger partial charge in [-0.2, -0.15) is 0 Å². The third kappa shape index (κ3) is 6.96. The number of carboxylic acid groups (broad SMARTS) is 1. The van der Waals surface area contributed by atoms with Crippen LogP contribution in [0.25, 0.3) is 0 Å². The van der Waals surface area contributed by atoms with E-state index in [1.807, 2.05) is 36.7 Å². The Hall–Kier alpha value is -2.21. The minimum absolute atomic E-state index is 0.124. The lowest BCUT2D eigenvalue weighted by Crippen LogP contribution is -2.41. The molecule has 6 nitrogen and oxygen atoms in total. The molecule has 1 aromatic rings. The van der Waals surface area contributed by atoms with Crippen molar-refractivity contribution in [2.45, 2.75) is 44.9 Å². The first-order valence-corrected chi connectivity index (χ1v) is 9.29. The Balaban J connectivity index is 0.000000342. The van der Waals surface area contributed by atoms with Gasteiger partial charge in [-0.3, -0.25) is 0 Å². The lowest BCUT2D eigenvalue weighted by molar-refractivity contribution is -0.378. The third-order valence-electron chi connectivity index (χ3n) is 4.90. The first-order valence-electron chi connectivity index (χ1n) is 9.29. The summed E-state index contributed by atoms with van der Waals surface area (Å²) in [7, 11) is 0. The summed E-state index contributed by atoms with van der Waals surface area (Å²) >= 11 is 0. The predicted molar refractivity (Wildman–Crippen MR) is 94.7 cm³/mol. The SMILES string of the molecule is O=C([O-])CC1(CNCC=C2CCOC2=O)CCCCC1.c1cc[nH+]cc1. The Morgan fingerprint density at radius 3 is 2.46 bits per heavy atom. The molecular weight excluding hydrogens is 332 g/mol. The van der Waals surface area contributed by atoms with Crippen molar-refractivity contribution in [1.82, 2.24) is 5.32 Å². The Kier molecular flexibility index (Phi) is 8.28. The van der Waals surface area contributed by atoms with Crippen molar-refractivity contribution in [3.05, 3.63) is 42.2 Å². The van der Waals surface area contributed by atoms with Gasteiger partial charge in [0.25, 0.3) is 0 Å². The fourth-order valence-corrected chi connectivity index (χ4v) is 3.53. The predicted octanol–water partition coefficient (Wildman–Crippen LogP) is 1.04. The van der Waals surface area contributed by atoms with E-state index in [1.54, 1.807) is 0 Å². The molecule has 0 aromatic carbocycles. The number of H-pyrrole nitrogens is 1. The molecule has 3 rings (SSSR count). The van der Waals surface area contributed by atoms with Gasteiger partial charge in [-0.05, 0) is 24.7 Å². The number of cyclic esters (lactones) is 1. The molecule has 1 saturated carbocycles. The first kappa shape index (κ1) is 20.1. The van der Waals surface area contributed by atoms with Gasteiger partial charge in [0.05, 0.1) is 6.61 Å². The van der Waals surface area contributed by atoms with Gasteiger partial charge >= 0.3 is 5.97 Å². The number of aromatic nitrogens is 1. The summed E-state index contributed by atoms with van der Waals surface area (Å²) in [5.41, 5.74) is 0.543. The molecule has 2 heterocycles. The summed E-state index contributed by atoms with van der Waals surface area (Å²) in [6, 6.07) is 5.86. The standard InChI is InChI=1S/C15H23NO4.C5H5N/c17-13(18)10-15(6-2-1-3-7-15)11-16-8-4-12-5-9-20-14(12)19;1-2-4-6-5-3-1/h4,16H,1-3,5-11H2,(H,17,18);1-5H. The van der Waals surface area contributed by atoms with E-state index in [1.165, 1.54) is 6.42 Å². The maximum Gasteiger partial charge on any atom is 0.333 e. The van der Waals surface area contributed by atoms with E-state index in [0.29, 0.717) is 26.1 Å². The number of hydrogen-bond donors (Lipinski definition) is 1. The molecule has 142 valence electrons. The molecular formula is C20H28N2O4. The third-order valence-corrected chi connectivity index (χ3v) is 4.90. The summed E-state index contributed by atoms with van der Waals surface area (Å²) < 4.78 is 4.86. The quantitative estimate of drug-likeness (QED) is 0.465. The zero-order valence-electron chi connectivity index (χ0n) is 15.2. The Labute approximate surface area is 154 Å². The number of pyridine rings is 1. The summed E-state index contributed by atoms with van der Waals surface area (Å²) in [6.45, 7) is 1.72. The number of nitrogens with one attached hydrogen (secondary N) is 2. The summed E-state index contributed by atoms with van der Waals surface area (Å²) in [4.78, 5) is 25.1. The maximum absolute atomic E-state index is 11.3. The Morgan fingerprint density at radius 2 is 1.96 bits per heavy atom. The van der Waals surface area contributed by atoms with Crippen LogP contribution < -0.4 is 15.4 Å². The fourth-order valence-electron chi connectivity index (χ4n) is 3.53. The van der Waals surface area contributed by atoms with Crippen LogP contribution in [-0.2, 0) is 14.3 Å². The van der Waals surface area contributed by atoms with Crippen LogP contribution in [-0.4, -0.2) is 31.6 Å². The normalized spacial score (nSPS) is 20.2. The molecule has 1 aliphatic carbocycles. The highest BCUT2D eigenvalue weighted by Gasteiger charge is 2.31. The van der Waals surface area contributed by atoms with Crippen LogP contribution in [0.4, 0.5) is 0 Å². The van der Waals surface area contributed by atoms with Crippen molar-refractivity contribution in [3.63, 3.8) is 0 Å². The largest absolute Gasteiger partial charge is 0.550 e. The van der Waals surface area contributed by atoms with Gasteiger partial charge < -0.3 is 20.0 Å². The van der Waals surface area contributed by atoms with Gasteiger partial charge in [0.15, 0.2) is 12.4 Å². The minimum Gasteiger partial charge on any atom is -0.550 e. The molecule has 0 atom stereocenters. The van der Waals surface area contributed by atoms with Gasteiger partial charge in [0, 0.05) is 43.2 Å². The van der Waals surface area contributed by atoms with Crippen molar-refractivity contribution >= 4 is 11.9 Å². The average molecular weight is 360 g/mol. The van der Waals surface area contributed by atoms with Crippen LogP contribution in [0, 0.1) is 5.41 Å². The van der Waals surface area contributed by atoms with E-state index in [0.717, 1.165) is 31.3 Å². The molecule has 26 heavy (non-hydrogen) atoms. The van der Waals surface area contributed by atoms with Crippen molar-refractivity contribution in [2.75, 3.05) is 19.7 Å². The monoisotopic (exact) mass is 360 g/mol. The molecule has 1 saturated heterocycles. The zero-order valence-corrected chi connectivity index (χ0v) is 15.2. The van der Waals surface area contributed by atoms with E-state index in [2.05, 4.69) is 10.3 Å². The van der Waals surface area contributed by atoms with Crippen molar-refractivity contribution < 1.29 is 24.4 Å². The lowest BCUT2D eigenvalue weighted by Gasteiger charge is -2.38. The number of rotatable bonds is 6. The summed E-state index contributed by atoms with van der Waals surface area (Å²) in [5.74, 6) is -1.19. The van der Waals surface area contributed by atoms with Crippen molar-refractivity contribution in [1.29, 1.82) is 0 Å². The molecule has 2 aliphatic rings. The second-order valence-electron chi connectivity index (χ2n) is 6.93. The second-order valence-corrected chi connectivity index (χ2v) is 6.93. The number of carbonyl (C=O) groups is 2. The number of aromatic amines is 1. The van der Waals surface area contributed by atoms with Crippen LogP contribution in [0.2, 0.25) is 0 Å². The van der Waals surface area contributed by atoms with Gasteiger partial charge in [0.1, 0.15) is 0 Å². The van der Waals surface area contributed by atoms with E-state index >= 15 is 0 Å². The molecule has 2 fully saturated rings. The van der Waals surface area contributed by atoms with E-state index in [4.69, 9.17) is 4.74 Å². The van der Waals surface area contributed by atoms with E-state index in [-0.39, 0.29) is 17.8 Å². The number of hydrogen-bond acceptors (Lipinski definition) is 5. The lowest BCUT2D eigenvalue weighted by atomic mass is 9.71. The van der Waals surface area contributed by atoms with Crippen LogP contribution in [0.3, 0.4) is 0 Å². The molecule has 2 N–H and O–H groups in total. The molecule has 0 unspecified atom stereocenters. The molecule has 6 heteroatoms. The highest BCUT2D eigenvalue weighted by atomic mass is 16.5. The highest BCUT2D eigenvalue weighted by molar-refractivity contribution is 5.90. The number of ether oxygens (including phenoxy) is 1. The molecule has 0 amide bonds. The molecule has 0 radical (unpaired) electrons. The topological polar surface area (TPSA) is 92.6 Å². The van der Waals surface area contributed by atoms with Gasteiger partial charge in [-0.25, -0.2) is 9.78 Å². The van der Waals surface area contributed by atoms with Gasteiger partial charge in [-0.15, -0.1) is 0 Å². The maximum atomic E-state index is 11.3. The molecule has 0 bridgehead atoms. The van der Waals surface area contributed by atoms with Crippen molar-refractivity contribution in [3.8, 4) is 0 Å². The molecule has 1 aromatic heterocycles. The minimum atomic E-state index is -0.966.